The number of nitrogens with zero attached hydrogens (tertiary/aromatic N) is 2. The SMILES string of the molecule is Nc1ncc(F)c(Nc2ccc3c(c2)OC(F)(F)O3)n1. The summed E-state index contributed by atoms with van der Waals surface area (Å²) in [5.41, 5.74) is 5.61. The highest BCUT2D eigenvalue weighted by Crippen LogP contribution is 2.42. The number of aromatic nitrogens is 2. The summed E-state index contributed by atoms with van der Waals surface area (Å²) >= 11 is 0. The van der Waals surface area contributed by atoms with Gasteiger partial charge in [0.1, 0.15) is 0 Å². The summed E-state index contributed by atoms with van der Waals surface area (Å²) in [4.78, 5) is 7.12. The van der Waals surface area contributed by atoms with Gasteiger partial charge in [0, 0.05) is 11.8 Å². The molecule has 1 aromatic carbocycles. The fourth-order valence-electron chi connectivity index (χ4n) is 1.63. The van der Waals surface area contributed by atoms with Crippen molar-refractivity contribution < 1.29 is 22.6 Å². The van der Waals surface area contributed by atoms with Gasteiger partial charge >= 0.3 is 6.29 Å². The second kappa shape index (κ2) is 4.15. The minimum absolute atomic E-state index is 0.108. The molecule has 0 unspecified atom stereocenters. The zero-order valence-corrected chi connectivity index (χ0v) is 9.73. The van der Waals surface area contributed by atoms with E-state index in [2.05, 4.69) is 24.8 Å². The van der Waals surface area contributed by atoms with E-state index < -0.39 is 12.1 Å². The fourth-order valence-corrected chi connectivity index (χ4v) is 1.63. The Morgan fingerprint density at radius 1 is 1.20 bits per heavy atom. The maximum absolute atomic E-state index is 13.4. The first-order valence-electron chi connectivity index (χ1n) is 5.38. The molecule has 0 fully saturated rings. The van der Waals surface area contributed by atoms with Gasteiger partial charge in [0.15, 0.2) is 23.1 Å². The maximum Gasteiger partial charge on any atom is 0.586 e. The normalized spacial score (nSPS) is 15.2. The lowest BCUT2D eigenvalue weighted by Crippen LogP contribution is -2.25. The number of hydrogen-bond acceptors (Lipinski definition) is 6. The van der Waals surface area contributed by atoms with E-state index in [9.17, 15) is 13.2 Å². The van der Waals surface area contributed by atoms with E-state index in [4.69, 9.17) is 5.73 Å². The first-order chi connectivity index (χ1) is 9.43. The van der Waals surface area contributed by atoms with Gasteiger partial charge in [-0.05, 0) is 12.1 Å². The van der Waals surface area contributed by atoms with Crippen molar-refractivity contribution in [2.45, 2.75) is 6.29 Å². The third kappa shape index (κ3) is 2.25. The van der Waals surface area contributed by atoms with Crippen LogP contribution in [0.3, 0.4) is 0 Å². The molecule has 3 rings (SSSR count). The van der Waals surface area contributed by atoms with Crippen molar-refractivity contribution >= 4 is 17.5 Å². The van der Waals surface area contributed by atoms with Gasteiger partial charge in [0.25, 0.3) is 0 Å². The molecule has 1 aliphatic rings. The van der Waals surface area contributed by atoms with Crippen molar-refractivity contribution in [2.75, 3.05) is 11.1 Å². The molecule has 1 aromatic heterocycles. The zero-order valence-electron chi connectivity index (χ0n) is 9.73. The third-order valence-corrected chi connectivity index (χ3v) is 2.43. The second-order valence-corrected chi connectivity index (χ2v) is 3.88. The summed E-state index contributed by atoms with van der Waals surface area (Å²) in [5.74, 6) is -1.31. The fraction of sp³-hybridized carbons (Fsp3) is 0.0909. The van der Waals surface area contributed by atoms with Crippen LogP contribution in [0.2, 0.25) is 0 Å². The Balaban J connectivity index is 1.88. The largest absolute Gasteiger partial charge is 0.586 e. The van der Waals surface area contributed by atoms with Crippen LogP contribution in [0.15, 0.2) is 24.4 Å². The van der Waals surface area contributed by atoms with Crippen LogP contribution in [0.1, 0.15) is 0 Å². The number of ether oxygens (including phenoxy) is 2. The Labute approximate surface area is 110 Å². The Hall–Kier alpha value is -2.71. The van der Waals surface area contributed by atoms with Crippen molar-refractivity contribution in [3.8, 4) is 11.5 Å². The minimum atomic E-state index is -3.70. The molecular formula is C11H7F3N4O2. The van der Waals surface area contributed by atoms with Gasteiger partial charge in [-0.3, -0.25) is 0 Å². The lowest BCUT2D eigenvalue weighted by atomic mass is 10.3. The molecule has 0 bridgehead atoms. The minimum Gasteiger partial charge on any atom is -0.395 e. The molecule has 104 valence electrons. The van der Waals surface area contributed by atoms with E-state index in [1.165, 1.54) is 18.2 Å². The summed E-state index contributed by atoms with van der Waals surface area (Å²) in [5, 5.41) is 2.58. The van der Waals surface area contributed by atoms with Crippen LogP contribution in [0.4, 0.5) is 30.6 Å². The predicted molar refractivity (Wildman–Crippen MR) is 62.3 cm³/mol. The Kier molecular flexibility index (Phi) is 2.56. The van der Waals surface area contributed by atoms with Gasteiger partial charge in [-0.1, -0.05) is 0 Å². The number of hydrogen-bond donors (Lipinski definition) is 2. The van der Waals surface area contributed by atoms with Gasteiger partial charge in [-0.15, -0.1) is 8.78 Å². The van der Waals surface area contributed by atoms with E-state index >= 15 is 0 Å². The van der Waals surface area contributed by atoms with Crippen molar-refractivity contribution in [1.82, 2.24) is 9.97 Å². The first kappa shape index (κ1) is 12.3. The molecule has 2 aromatic rings. The zero-order chi connectivity index (χ0) is 14.3. The number of nitrogens with one attached hydrogen (secondary N) is 1. The first-order valence-corrected chi connectivity index (χ1v) is 5.38. The van der Waals surface area contributed by atoms with Crippen LogP contribution in [0.25, 0.3) is 0 Å². The standard InChI is InChI=1S/C11H7F3N4O2/c12-6-4-16-10(15)18-9(6)17-5-1-2-7-8(3-5)20-11(13,14)19-7/h1-4H,(H3,15,16,17,18). The number of benzene rings is 1. The summed E-state index contributed by atoms with van der Waals surface area (Å²) < 4.78 is 47.7. The smallest absolute Gasteiger partial charge is 0.395 e. The van der Waals surface area contributed by atoms with Gasteiger partial charge in [-0.25, -0.2) is 9.37 Å². The number of rotatable bonds is 2. The highest BCUT2D eigenvalue weighted by atomic mass is 19.3. The summed E-state index contributed by atoms with van der Waals surface area (Å²) in [7, 11) is 0. The summed E-state index contributed by atoms with van der Waals surface area (Å²) in [6.07, 6.45) is -2.81. The van der Waals surface area contributed by atoms with Gasteiger partial charge in [0.05, 0.1) is 6.20 Å². The highest BCUT2D eigenvalue weighted by Gasteiger charge is 2.43. The molecule has 20 heavy (non-hydrogen) atoms. The molecule has 2 heterocycles. The van der Waals surface area contributed by atoms with Gasteiger partial charge < -0.3 is 20.5 Å². The Bertz CT molecular complexity index is 681. The number of fused-ring (bicyclic) bond motifs is 1. The van der Waals surface area contributed by atoms with Crippen LogP contribution in [-0.2, 0) is 0 Å². The van der Waals surface area contributed by atoms with Crippen molar-refractivity contribution in [3.63, 3.8) is 0 Å². The van der Waals surface area contributed by atoms with Crippen molar-refractivity contribution in [1.29, 1.82) is 0 Å². The summed E-state index contributed by atoms with van der Waals surface area (Å²) in [6, 6.07) is 3.90. The van der Waals surface area contributed by atoms with Crippen LogP contribution in [0.5, 0.6) is 11.5 Å². The monoisotopic (exact) mass is 284 g/mol. The summed E-state index contributed by atoms with van der Waals surface area (Å²) in [6.45, 7) is 0. The topological polar surface area (TPSA) is 82.3 Å². The average Bonchev–Trinajstić information content (AvgIpc) is 2.67. The highest BCUT2D eigenvalue weighted by molar-refractivity contribution is 5.62. The molecule has 1 aliphatic heterocycles. The molecule has 0 atom stereocenters. The lowest BCUT2D eigenvalue weighted by Gasteiger charge is -2.07. The van der Waals surface area contributed by atoms with Crippen molar-refractivity contribution in [3.05, 3.63) is 30.2 Å². The van der Waals surface area contributed by atoms with Crippen molar-refractivity contribution in [2.24, 2.45) is 0 Å². The molecule has 0 saturated heterocycles. The van der Waals surface area contributed by atoms with Crippen LogP contribution >= 0.6 is 0 Å². The molecule has 0 spiro atoms. The average molecular weight is 284 g/mol. The van der Waals surface area contributed by atoms with Crippen LogP contribution in [0, 0.1) is 5.82 Å². The third-order valence-electron chi connectivity index (χ3n) is 2.43. The molecule has 0 radical (unpaired) electrons. The molecule has 9 heteroatoms. The van der Waals surface area contributed by atoms with Gasteiger partial charge in [-0.2, -0.15) is 4.98 Å². The number of halogens is 3. The Morgan fingerprint density at radius 2 is 1.95 bits per heavy atom. The molecule has 6 nitrogen and oxygen atoms in total. The molecule has 0 saturated carbocycles. The predicted octanol–water partition coefficient (Wildman–Crippen LogP) is 2.26. The lowest BCUT2D eigenvalue weighted by molar-refractivity contribution is -0.286. The number of nitrogens with two attached hydrogens (primary N) is 1. The molecule has 3 N–H and O–H groups in total. The Morgan fingerprint density at radius 3 is 2.75 bits per heavy atom. The van der Waals surface area contributed by atoms with Crippen LogP contribution < -0.4 is 20.5 Å². The quantitative estimate of drug-likeness (QED) is 0.880. The molecule has 0 aliphatic carbocycles. The van der Waals surface area contributed by atoms with E-state index in [1.54, 1.807) is 0 Å². The van der Waals surface area contributed by atoms with E-state index in [0.29, 0.717) is 0 Å². The van der Waals surface area contributed by atoms with E-state index in [1.807, 2.05) is 0 Å². The second-order valence-electron chi connectivity index (χ2n) is 3.88. The number of nitrogen functional groups attached to an aromatic ring is 1. The van der Waals surface area contributed by atoms with Gasteiger partial charge in [0.2, 0.25) is 5.95 Å². The van der Waals surface area contributed by atoms with Crippen LogP contribution in [-0.4, -0.2) is 16.3 Å². The van der Waals surface area contributed by atoms with E-state index in [0.717, 1.165) is 6.20 Å². The number of alkyl halides is 2. The van der Waals surface area contributed by atoms with E-state index in [-0.39, 0.29) is 29.0 Å². The maximum atomic E-state index is 13.4. The molecule has 0 amide bonds. The number of anilines is 3. The molecular weight excluding hydrogens is 277 g/mol.